The second-order valence-electron chi connectivity index (χ2n) is 8.27. The van der Waals surface area contributed by atoms with Gasteiger partial charge >= 0.3 is 0 Å². The van der Waals surface area contributed by atoms with Crippen LogP contribution in [0.5, 0.6) is 0 Å². The van der Waals surface area contributed by atoms with Crippen LogP contribution < -0.4 is 5.56 Å². The minimum absolute atomic E-state index is 0.0808. The Labute approximate surface area is 188 Å². The van der Waals surface area contributed by atoms with E-state index in [9.17, 15) is 4.79 Å². The minimum Gasteiger partial charge on any atom is -0.384 e. The molecule has 2 aromatic heterocycles. The van der Waals surface area contributed by atoms with Crippen molar-refractivity contribution in [3.05, 3.63) is 50.9 Å². The molecule has 166 valence electrons. The number of aryl methyl sites for hydroxylation is 2. The van der Waals surface area contributed by atoms with Gasteiger partial charge in [-0.05, 0) is 55.5 Å². The number of benzene rings is 1. The number of aromatic nitrogens is 2. The van der Waals surface area contributed by atoms with E-state index in [4.69, 9.17) is 9.72 Å². The molecule has 5 nitrogen and oxygen atoms in total. The molecule has 1 aliphatic rings. The van der Waals surface area contributed by atoms with Crippen LogP contribution in [0, 0.1) is 0 Å². The van der Waals surface area contributed by atoms with Gasteiger partial charge in [0.05, 0.1) is 12.0 Å². The quantitative estimate of drug-likeness (QED) is 0.491. The first-order valence-electron chi connectivity index (χ1n) is 11.5. The van der Waals surface area contributed by atoms with E-state index in [1.165, 1.54) is 30.4 Å². The summed E-state index contributed by atoms with van der Waals surface area (Å²) >= 11 is 1.57. The fraction of sp³-hybridized carbons (Fsp3) is 0.520. The first-order valence-corrected chi connectivity index (χ1v) is 12.4. The van der Waals surface area contributed by atoms with E-state index in [1.807, 2.05) is 4.57 Å². The molecular formula is C25H33N3O2S. The van der Waals surface area contributed by atoms with E-state index in [-0.39, 0.29) is 5.56 Å². The zero-order valence-corrected chi connectivity index (χ0v) is 19.8. The SMILES string of the molecule is CCN(CC)CCn1c(CCOC)nc2scc(-c3ccc4c(c3)CCCC4)c2c1=O. The van der Waals surface area contributed by atoms with Crippen molar-refractivity contribution in [3.8, 4) is 11.1 Å². The van der Waals surface area contributed by atoms with E-state index in [0.717, 1.165) is 53.2 Å². The zero-order valence-electron chi connectivity index (χ0n) is 18.9. The Hall–Kier alpha value is -2.02. The van der Waals surface area contributed by atoms with Crippen molar-refractivity contribution in [1.82, 2.24) is 14.5 Å². The van der Waals surface area contributed by atoms with Crippen LogP contribution in [0.3, 0.4) is 0 Å². The van der Waals surface area contributed by atoms with Gasteiger partial charge in [0, 0.05) is 37.6 Å². The number of hydrogen-bond acceptors (Lipinski definition) is 5. The van der Waals surface area contributed by atoms with Crippen LogP contribution in [-0.4, -0.2) is 47.8 Å². The van der Waals surface area contributed by atoms with E-state index in [1.54, 1.807) is 18.4 Å². The van der Waals surface area contributed by atoms with Crippen molar-refractivity contribution < 1.29 is 4.74 Å². The third-order valence-electron chi connectivity index (χ3n) is 6.50. The average molecular weight is 440 g/mol. The Bertz CT molecular complexity index is 1100. The highest BCUT2D eigenvalue weighted by Crippen LogP contribution is 2.33. The first kappa shape index (κ1) is 22.2. The van der Waals surface area contributed by atoms with Gasteiger partial charge in [-0.25, -0.2) is 4.98 Å². The maximum Gasteiger partial charge on any atom is 0.262 e. The second kappa shape index (κ2) is 10.1. The molecule has 0 amide bonds. The van der Waals surface area contributed by atoms with E-state index in [0.29, 0.717) is 19.6 Å². The Balaban J connectivity index is 1.78. The Morgan fingerprint density at radius 2 is 1.94 bits per heavy atom. The number of rotatable bonds is 9. The maximum atomic E-state index is 13.7. The molecule has 0 saturated heterocycles. The second-order valence-corrected chi connectivity index (χ2v) is 9.13. The molecule has 0 spiro atoms. The molecule has 4 rings (SSSR count). The number of likely N-dealkylation sites (N-methyl/N-ethyl adjacent to an activating group) is 1. The van der Waals surface area contributed by atoms with Gasteiger partial charge in [0.2, 0.25) is 0 Å². The van der Waals surface area contributed by atoms with Gasteiger partial charge in [-0.15, -0.1) is 11.3 Å². The van der Waals surface area contributed by atoms with Gasteiger partial charge in [0.1, 0.15) is 10.7 Å². The van der Waals surface area contributed by atoms with Gasteiger partial charge < -0.3 is 9.64 Å². The van der Waals surface area contributed by atoms with Gasteiger partial charge in [-0.1, -0.05) is 32.0 Å². The van der Waals surface area contributed by atoms with E-state index in [2.05, 4.69) is 42.3 Å². The van der Waals surface area contributed by atoms with Crippen LogP contribution >= 0.6 is 11.3 Å². The number of nitrogens with zero attached hydrogens (tertiary/aromatic N) is 3. The summed E-state index contributed by atoms with van der Waals surface area (Å²) in [7, 11) is 1.69. The zero-order chi connectivity index (χ0) is 21.8. The Kier molecular flexibility index (Phi) is 7.20. The molecular weight excluding hydrogens is 406 g/mol. The lowest BCUT2D eigenvalue weighted by molar-refractivity contribution is 0.198. The summed E-state index contributed by atoms with van der Waals surface area (Å²) in [6.45, 7) is 8.34. The number of ether oxygens (including phenoxy) is 1. The number of thiophene rings is 1. The van der Waals surface area contributed by atoms with Crippen molar-refractivity contribution in [2.75, 3.05) is 33.4 Å². The normalized spacial score (nSPS) is 13.8. The number of fused-ring (bicyclic) bond motifs is 2. The molecule has 0 unspecified atom stereocenters. The monoisotopic (exact) mass is 439 g/mol. The van der Waals surface area contributed by atoms with Crippen LogP contribution in [-0.2, 0) is 30.5 Å². The minimum atomic E-state index is 0.0808. The summed E-state index contributed by atoms with van der Waals surface area (Å²) in [4.78, 5) is 21.8. The predicted molar refractivity (Wildman–Crippen MR) is 129 cm³/mol. The molecule has 0 atom stereocenters. The topological polar surface area (TPSA) is 47.4 Å². The van der Waals surface area contributed by atoms with Crippen molar-refractivity contribution in [2.24, 2.45) is 0 Å². The molecule has 0 fully saturated rings. The summed E-state index contributed by atoms with van der Waals surface area (Å²) in [6.07, 6.45) is 5.48. The van der Waals surface area contributed by atoms with Crippen molar-refractivity contribution in [3.63, 3.8) is 0 Å². The first-order chi connectivity index (χ1) is 15.2. The van der Waals surface area contributed by atoms with Gasteiger partial charge in [-0.3, -0.25) is 9.36 Å². The number of hydrogen-bond donors (Lipinski definition) is 0. The molecule has 0 N–H and O–H groups in total. The fourth-order valence-corrected chi connectivity index (χ4v) is 5.53. The summed E-state index contributed by atoms with van der Waals surface area (Å²) in [5.41, 5.74) is 5.16. The third kappa shape index (κ3) is 4.61. The lowest BCUT2D eigenvalue weighted by Gasteiger charge is -2.20. The summed E-state index contributed by atoms with van der Waals surface area (Å²) in [5.74, 6) is 0.824. The molecule has 31 heavy (non-hydrogen) atoms. The third-order valence-corrected chi connectivity index (χ3v) is 7.37. The van der Waals surface area contributed by atoms with Gasteiger partial charge in [0.25, 0.3) is 5.56 Å². The maximum absolute atomic E-state index is 13.7. The van der Waals surface area contributed by atoms with E-state index >= 15 is 0 Å². The van der Waals surface area contributed by atoms with Crippen LogP contribution in [0.2, 0.25) is 0 Å². The highest BCUT2D eigenvalue weighted by molar-refractivity contribution is 7.17. The number of methoxy groups -OCH3 is 1. The smallest absolute Gasteiger partial charge is 0.262 e. The molecule has 0 bridgehead atoms. The highest BCUT2D eigenvalue weighted by Gasteiger charge is 2.19. The predicted octanol–water partition coefficient (Wildman–Crippen LogP) is 4.53. The van der Waals surface area contributed by atoms with Crippen LogP contribution in [0.4, 0.5) is 0 Å². The Morgan fingerprint density at radius 1 is 1.16 bits per heavy atom. The van der Waals surface area contributed by atoms with Crippen molar-refractivity contribution >= 4 is 21.6 Å². The Morgan fingerprint density at radius 3 is 2.68 bits per heavy atom. The molecule has 0 saturated carbocycles. The van der Waals surface area contributed by atoms with Gasteiger partial charge in [0.15, 0.2) is 0 Å². The van der Waals surface area contributed by atoms with Crippen molar-refractivity contribution in [2.45, 2.75) is 52.5 Å². The van der Waals surface area contributed by atoms with Gasteiger partial charge in [-0.2, -0.15) is 0 Å². The summed E-state index contributed by atoms with van der Waals surface area (Å²) in [5, 5.41) is 2.87. The largest absolute Gasteiger partial charge is 0.384 e. The molecule has 6 heteroatoms. The van der Waals surface area contributed by atoms with Crippen LogP contribution in [0.15, 0.2) is 28.4 Å². The van der Waals surface area contributed by atoms with Crippen LogP contribution in [0.1, 0.15) is 43.6 Å². The molecule has 1 aliphatic carbocycles. The highest BCUT2D eigenvalue weighted by atomic mass is 32.1. The van der Waals surface area contributed by atoms with E-state index < -0.39 is 0 Å². The molecule has 0 aliphatic heterocycles. The molecule has 3 aromatic rings. The molecule has 0 radical (unpaired) electrons. The van der Waals surface area contributed by atoms with Crippen molar-refractivity contribution in [1.29, 1.82) is 0 Å². The lowest BCUT2D eigenvalue weighted by atomic mass is 9.89. The summed E-state index contributed by atoms with van der Waals surface area (Å²) < 4.78 is 7.17. The lowest BCUT2D eigenvalue weighted by Crippen LogP contribution is -2.33. The fourth-order valence-electron chi connectivity index (χ4n) is 4.58. The van der Waals surface area contributed by atoms with Crippen LogP contribution in [0.25, 0.3) is 21.3 Å². The average Bonchev–Trinajstić information content (AvgIpc) is 3.23. The summed E-state index contributed by atoms with van der Waals surface area (Å²) in [6, 6.07) is 6.74. The molecule has 1 aromatic carbocycles. The molecule has 2 heterocycles. The standard InChI is InChI=1S/C25H33N3O2S/c1-4-27(5-2)13-14-28-22(12-15-30-3)26-24-23(25(28)29)21(17-31-24)20-11-10-18-8-6-7-9-19(18)16-20/h10-11,16-17H,4-9,12-15H2,1-3H3.